The van der Waals surface area contributed by atoms with Gasteiger partial charge in [-0.1, -0.05) is 24.8 Å². The lowest BCUT2D eigenvalue weighted by molar-refractivity contribution is 0.280. The smallest absolute Gasteiger partial charge is 0.132 e. The molecule has 2 aromatic rings. The monoisotopic (exact) mass is 339 g/mol. The highest BCUT2D eigenvalue weighted by Crippen LogP contribution is 2.23. The van der Waals surface area contributed by atoms with Crippen molar-refractivity contribution in [2.75, 3.05) is 33.2 Å². The molecule has 0 aliphatic carbocycles. The molecule has 1 saturated heterocycles. The van der Waals surface area contributed by atoms with Crippen molar-refractivity contribution >= 4 is 11.0 Å². The van der Waals surface area contributed by atoms with Crippen molar-refractivity contribution < 1.29 is 0 Å². The van der Waals surface area contributed by atoms with Crippen LogP contribution in [0, 0.1) is 0 Å². The van der Waals surface area contributed by atoms with Gasteiger partial charge in [0.15, 0.2) is 0 Å². The second-order valence-electron chi connectivity index (χ2n) is 7.28. The zero-order chi connectivity index (χ0) is 17.9. The molecule has 0 atom stereocenters. The number of nitrogens with zero attached hydrogens (tertiary/aromatic N) is 3. The Bertz CT molecular complexity index is 725. The maximum Gasteiger partial charge on any atom is 0.132 e. The quantitative estimate of drug-likeness (QED) is 0.822. The van der Waals surface area contributed by atoms with E-state index >= 15 is 0 Å². The highest BCUT2D eigenvalue weighted by atomic mass is 15.3. The van der Waals surface area contributed by atoms with Crippen LogP contribution in [0.15, 0.2) is 48.8 Å². The fourth-order valence-corrected chi connectivity index (χ4v) is 3.25. The van der Waals surface area contributed by atoms with E-state index in [2.05, 4.69) is 59.7 Å². The first-order chi connectivity index (χ1) is 12.0. The van der Waals surface area contributed by atoms with Crippen LogP contribution in [0.3, 0.4) is 0 Å². The lowest BCUT2D eigenvalue weighted by Crippen LogP contribution is -2.44. The van der Waals surface area contributed by atoms with E-state index in [0.29, 0.717) is 0 Å². The van der Waals surface area contributed by atoms with Crippen molar-refractivity contribution in [3.8, 4) is 0 Å². The molecule has 1 aliphatic heterocycles. The van der Waals surface area contributed by atoms with Crippen LogP contribution in [-0.4, -0.2) is 53.0 Å². The summed E-state index contributed by atoms with van der Waals surface area (Å²) in [5, 5.41) is 3.69. The number of nitrogens with one attached hydrogen (secondary N) is 2. The molecule has 2 N–H and O–H groups in total. The van der Waals surface area contributed by atoms with Crippen LogP contribution < -0.4 is 5.32 Å². The largest absolute Gasteiger partial charge is 0.360 e. The van der Waals surface area contributed by atoms with E-state index in [0.717, 1.165) is 55.3 Å². The highest BCUT2D eigenvalue weighted by molar-refractivity contribution is 5.74. The van der Waals surface area contributed by atoms with Gasteiger partial charge in [0.05, 0.1) is 16.6 Å². The van der Waals surface area contributed by atoms with E-state index in [4.69, 9.17) is 4.98 Å². The first kappa shape index (κ1) is 17.5. The first-order valence-electron chi connectivity index (χ1n) is 8.99. The summed E-state index contributed by atoms with van der Waals surface area (Å²) in [5.74, 6) is 2.05. The zero-order valence-electron chi connectivity index (χ0n) is 15.5. The van der Waals surface area contributed by atoms with E-state index in [1.54, 1.807) is 0 Å². The summed E-state index contributed by atoms with van der Waals surface area (Å²) in [6, 6.07) is 8.15. The number of aromatic amines is 1. The summed E-state index contributed by atoms with van der Waals surface area (Å²) in [4.78, 5) is 13.0. The van der Waals surface area contributed by atoms with Gasteiger partial charge in [-0.05, 0) is 52.1 Å². The summed E-state index contributed by atoms with van der Waals surface area (Å²) in [7, 11) is 2.19. The number of aromatic nitrogens is 2. The normalized spacial score (nSPS) is 17.6. The van der Waals surface area contributed by atoms with Crippen molar-refractivity contribution in [1.82, 2.24) is 25.1 Å². The number of benzene rings is 1. The van der Waals surface area contributed by atoms with Gasteiger partial charge in [-0.3, -0.25) is 0 Å². The van der Waals surface area contributed by atoms with Gasteiger partial charge in [-0.25, -0.2) is 4.98 Å². The van der Waals surface area contributed by atoms with Gasteiger partial charge >= 0.3 is 0 Å². The number of H-pyrrole nitrogens is 1. The lowest BCUT2D eigenvalue weighted by Gasteiger charge is -2.33. The molecule has 5 nitrogen and oxygen atoms in total. The minimum absolute atomic E-state index is 0.313. The van der Waals surface area contributed by atoms with Gasteiger partial charge in [0, 0.05) is 19.6 Å². The second kappa shape index (κ2) is 7.31. The minimum Gasteiger partial charge on any atom is -0.360 e. The molecular weight excluding hydrogens is 310 g/mol. The maximum atomic E-state index is 4.78. The number of hydrogen-bond acceptors (Lipinski definition) is 4. The Hall–Kier alpha value is -2.27. The fraction of sp³-hybridized carbons (Fsp3) is 0.450. The van der Waals surface area contributed by atoms with Crippen molar-refractivity contribution in [1.29, 1.82) is 0 Å². The molecular formula is C20H29N5. The zero-order valence-corrected chi connectivity index (χ0v) is 15.5. The molecule has 0 amide bonds. The molecule has 2 heterocycles. The average molecular weight is 339 g/mol. The number of para-hydroxylation sites is 2. The van der Waals surface area contributed by atoms with Crippen LogP contribution in [0.1, 0.15) is 26.1 Å². The van der Waals surface area contributed by atoms with E-state index in [9.17, 15) is 0 Å². The topological polar surface area (TPSA) is 47.2 Å². The van der Waals surface area contributed by atoms with Crippen LogP contribution in [0.25, 0.3) is 11.0 Å². The number of fused-ring (bicyclic) bond motifs is 1. The van der Waals surface area contributed by atoms with Gasteiger partial charge in [0.2, 0.25) is 0 Å². The van der Waals surface area contributed by atoms with E-state index < -0.39 is 0 Å². The predicted octanol–water partition coefficient (Wildman–Crippen LogP) is 3.05. The third kappa shape index (κ3) is 4.04. The summed E-state index contributed by atoms with van der Waals surface area (Å²) < 4.78 is 0. The summed E-state index contributed by atoms with van der Waals surface area (Å²) in [6.45, 7) is 12.5. The number of imidazole rings is 1. The number of allylic oxidation sites excluding steroid dienone is 2. The van der Waals surface area contributed by atoms with Gasteiger partial charge in [0.1, 0.15) is 11.6 Å². The number of hydrogen-bond donors (Lipinski definition) is 2. The van der Waals surface area contributed by atoms with Gasteiger partial charge in [-0.15, -0.1) is 0 Å². The predicted molar refractivity (Wildman–Crippen MR) is 104 cm³/mol. The number of rotatable bonds is 5. The Kier molecular flexibility index (Phi) is 5.13. The Morgan fingerprint density at radius 1 is 1.24 bits per heavy atom. The Morgan fingerprint density at radius 2 is 2.04 bits per heavy atom. The first-order valence-corrected chi connectivity index (χ1v) is 8.99. The second-order valence-corrected chi connectivity index (χ2v) is 7.28. The van der Waals surface area contributed by atoms with Crippen LogP contribution in [0.4, 0.5) is 0 Å². The highest BCUT2D eigenvalue weighted by Gasteiger charge is 2.27. The van der Waals surface area contributed by atoms with Crippen molar-refractivity contribution in [2.45, 2.75) is 25.8 Å². The molecule has 25 heavy (non-hydrogen) atoms. The minimum atomic E-state index is -0.313. The Labute approximate surface area is 150 Å². The molecule has 1 fully saturated rings. The van der Waals surface area contributed by atoms with E-state index in [1.807, 2.05) is 24.3 Å². The van der Waals surface area contributed by atoms with Crippen molar-refractivity contribution in [3.05, 3.63) is 54.6 Å². The Morgan fingerprint density at radius 3 is 2.80 bits per heavy atom. The van der Waals surface area contributed by atoms with Crippen molar-refractivity contribution in [2.24, 2.45) is 0 Å². The molecule has 5 heteroatoms. The molecule has 134 valence electrons. The average Bonchev–Trinajstić information content (AvgIpc) is 2.91. The number of likely N-dealkylation sites (N-methyl/N-ethyl adjacent to an activating group) is 1. The van der Waals surface area contributed by atoms with Crippen LogP contribution in [-0.2, 0) is 5.54 Å². The molecule has 0 unspecified atom stereocenters. The van der Waals surface area contributed by atoms with E-state index in [-0.39, 0.29) is 5.54 Å². The Balaban J connectivity index is 1.82. The molecule has 0 saturated carbocycles. The molecule has 3 rings (SSSR count). The summed E-state index contributed by atoms with van der Waals surface area (Å²) >= 11 is 0. The third-order valence-electron chi connectivity index (χ3n) is 4.76. The van der Waals surface area contributed by atoms with Gasteiger partial charge < -0.3 is 20.1 Å². The SMILES string of the molecule is C=C/C=C(\NC(C)(C)c1nc2ccccc2[nH]1)N1CCCN(C)CC1. The summed E-state index contributed by atoms with van der Waals surface area (Å²) in [5.41, 5.74) is 1.75. The van der Waals surface area contributed by atoms with E-state index in [1.165, 1.54) is 0 Å². The van der Waals surface area contributed by atoms with Crippen LogP contribution in [0.2, 0.25) is 0 Å². The molecule has 1 aromatic carbocycles. The van der Waals surface area contributed by atoms with Crippen molar-refractivity contribution in [3.63, 3.8) is 0 Å². The third-order valence-corrected chi connectivity index (χ3v) is 4.76. The molecule has 0 spiro atoms. The van der Waals surface area contributed by atoms with Crippen LogP contribution in [0.5, 0.6) is 0 Å². The standard InChI is InChI=1S/C20H29N5/c1-5-9-18(25-13-8-12-24(4)14-15-25)23-20(2,3)19-21-16-10-6-7-11-17(16)22-19/h5-7,9-11,23H,1,8,12-15H2,2-4H3,(H,21,22)/b18-9+. The van der Waals surface area contributed by atoms with Crippen LogP contribution >= 0.6 is 0 Å². The fourth-order valence-electron chi connectivity index (χ4n) is 3.25. The lowest BCUT2D eigenvalue weighted by atomic mass is 10.0. The van der Waals surface area contributed by atoms with Gasteiger partial charge in [0.25, 0.3) is 0 Å². The molecule has 1 aromatic heterocycles. The maximum absolute atomic E-state index is 4.78. The summed E-state index contributed by atoms with van der Waals surface area (Å²) in [6.07, 6.45) is 5.08. The molecule has 0 bridgehead atoms. The van der Waals surface area contributed by atoms with Gasteiger partial charge in [-0.2, -0.15) is 0 Å². The molecule has 1 aliphatic rings. The molecule has 0 radical (unpaired) electrons.